The van der Waals surface area contributed by atoms with Crippen LogP contribution in [-0.4, -0.2) is 42.6 Å². The van der Waals surface area contributed by atoms with Crippen molar-refractivity contribution < 1.29 is 18.7 Å². The maximum Gasteiger partial charge on any atom is 0.258 e. The van der Waals surface area contributed by atoms with Crippen molar-refractivity contribution in [3.8, 4) is 5.75 Å². The second-order valence-electron chi connectivity index (χ2n) is 10.6. The van der Waals surface area contributed by atoms with Gasteiger partial charge in [-0.25, -0.2) is 4.39 Å². The van der Waals surface area contributed by atoms with Gasteiger partial charge in [-0.05, 0) is 75.0 Å². The van der Waals surface area contributed by atoms with Crippen molar-refractivity contribution in [1.29, 1.82) is 0 Å². The van der Waals surface area contributed by atoms with Gasteiger partial charge >= 0.3 is 0 Å². The third-order valence-corrected chi connectivity index (χ3v) is 8.30. The number of carbonyl (C=O) groups is 2. The standard InChI is InChI=1S/C25H33ClFN3O3/c26-19-7-6-18(9-20(19)27)33-14-23(31)30-25-10-17(11-25)22(12-25)29-24(32)21-8-5-16(13-28-21)4-3-15-1-2-15/h6-7,9,15-17,21-22,28H,1-5,8,10-14H2,(H,29,32)(H,30,31). The van der Waals surface area contributed by atoms with E-state index in [9.17, 15) is 14.0 Å². The van der Waals surface area contributed by atoms with E-state index in [-0.39, 0.29) is 46.8 Å². The molecule has 1 aliphatic heterocycles. The average molecular weight is 478 g/mol. The molecule has 33 heavy (non-hydrogen) atoms. The Bertz CT molecular complexity index is 895. The molecule has 5 aliphatic rings. The van der Waals surface area contributed by atoms with Crippen LogP contribution >= 0.6 is 11.6 Å². The lowest BCUT2D eigenvalue weighted by Crippen LogP contribution is -2.53. The molecule has 3 unspecified atom stereocenters. The van der Waals surface area contributed by atoms with Crippen molar-refractivity contribution in [2.45, 2.75) is 75.4 Å². The number of halogens is 2. The number of hydrogen-bond donors (Lipinski definition) is 3. The number of fused-ring (bicyclic) bond motifs is 1. The van der Waals surface area contributed by atoms with Crippen LogP contribution in [0.15, 0.2) is 18.2 Å². The van der Waals surface area contributed by atoms with Gasteiger partial charge in [-0.2, -0.15) is 0 Å². The molecule has 1 aromatic carbocycles. The molecule has 180 valence electrons. The van der Waals surface area contributed by atoms with E-state index in [1.807, 2.05) is 0 Å². The Labute approximate surface area is 199 Å². The molecular formula is C25H33ClFN3O3. The largest absolute Gasteiger partial charge is 0.484 e. The lowest BCUT2D eigenvalue weighted by atomic mass is 9.76. The van der Waals surface area contributed by atoms with Crippen molar-refractivity contribution >= 4 is 23.4 Å². The first kappa shape index (κ1) is 22.9. The number of amides is 2. The fourth-order valence-corrected chi connectivity index (χ4v) is 6.02. The zero-order chi connectivity index (χ0) is 23.0. The number of piperidine rings is 1. The summed E-state index contributed by atoms with van der Waals surface area (Å²) in [6.07, 6.45) is 9.99. The highest BCUT2D eigenvalue weighted by atomic mass is 35.5. The molecule has 3 atom stereocenters. The molecule has 5 fully saturated rings. The number of carbonyl (C=O) groups excluding carboxylic acids is 2. The molecule has 2 bridgehead atoms. The molecule has 4 saturated carbocycles. The summed E-state index contributed by atoms with van der Waals surface area (Å²) in [5.74, 6) is 1.65. The maximum absolute atomic E-state index is 13.5. The summed E-state index contributed by atoms with van der Waals surface area (Å²) in [5, 5.41) is 9.81. The highest BCUT2D eigenvalue weighted by Crippen LogP contribution is 2.52. The molecule has 1 saturated heterocycles. The van der Waals surface area contributed by atoms with E-state index in [2.05, 4.69) is 16.0 Å². The highest BCUT2D eigenvalue weighted by molar-refractivity contribution is 6.30. The fourth-order valence-electron chi connectivity index (χ4n) is 5.90. The maximum atomic E-state index is 13.5. The van der Waals surface area contributed by atoms with Crippen LogP contribution in [0, 0.1) is 23.6 Å². The van der Waals surface area contributed by atoms with Crippen LogP contribution in [0.25, 0.3) is 0 Å². The molecule has 1 aromatic rings. The Balaban J connectivity index is 1.03. The Morgan fingerprint density at radius 2 is 1.88 bits per heavy atom. The van der Waals surface area contributed by atoms with Gasteiger partial charge in [-0.1, -0.05) is 30.9 Å². The second kappa shape index (κ2) is 9.41. The number of ether oxygens (including phenoxy) is 1. The summed E-state index contributed by atoms with van der Waals surface area (Å²) in [7, 11) is 0. The smallest absolute Gasteiger partial charge is 0.258 e. The minimum absolute atomic E-state index is 0.0158. The van der Waals surface area contributed by atoms with Gasteiger partial charge in [0.05, 0.1) is 11.1 Å². The van der Waals surface area contributed by atoms with Crippen LogP contribution in [0.1, 0.15) is 57.8 Å². The van der Waals surface area contributed by atoms with Crippen molar-refractivity contribution in [3.05, 3.63) is 29.0 Å². The van der Waals surface area contributed by atoms with E-state index in [1.54, 1.807) is 0 Å². The summed E-state index contributed by atoms with van der Waals surface area (Å²) < 4.78 is 18.9. The number of rotatable bonds is 9. The molecular weight excluding hydrogens is 445 g/mol. The summed E-state index contributed by atoms with van der Waals surface area (Å²) in [6, 6.07) is 4.12. The first-order valence-electron chi connectivity index (χ1n) is 12.3. The first-order chi connectivity index (χ1) is 15.9. The SMILES string of the molecule is O=C(COc1ccc(Cl)c(F)c1)NC12CC(C1)C(NC(=O)C1CCC(CCC3CC3)CN1)C2. The molecule has 0 aromatic heterocycles. The second-order valence-corrected chi connectivity index (χ2v) is 11.0. The normalized spacial score (nSPS) is 32.7. The van der Waals surface area contributed by atoms with E-state index in [0.717, 1.165) is 44.6 Å². The molecule has 0 spiro atoms. The molecule has 0 radical (unpaired) electrons. The van der Waals surface area contributed by atoms with Crippen LogP contribution in [0.2, 0.25) is 5.02 Å². The van der Waals surface area contributed by atoms with Crippen molar-refractivity contribution in [2.75, 3.05) is 13.2 Å². The predicted octanol–water partition coefficient (Wildman–Crippen LogP) is 3.57. The number of hydrogen-bond acceptors (Lipinski definition) is 4. The monoisotopic (exact) mass is 477 g/mol. The van der Waals surface area contributed by atoms with Crippen LogP contribution in [-0.2, 0) is 9.59 Å². The number of nitrogens with one attached hydrogen (secondary N) is 3. The van der Waals surface area contributed by atoms with E-state index >= 15 is 0 Å². The topological polar surface area (TPSA) is 79.5 Å². The molecule has 1 heterocycles. The van der Waals surface area contributed by atoms with Crippen molar-refractivity contribution in [3.63, 3.8) is 0 Å². The fraction of sp³-hybridized carbons (Fsp3) is 0.680. The average Bonchev–Trinajstić information content (AvgIpc) is 3.48. The van der Waals surface area contributed by atoms with Crippen LogP contribution in [0.5, 0.6) is 5.75 Å². The number of benzene rings is 1. The Kier molecular flexibility index (Phi) is 6.54. The lowest BCUT2D eigenvalue weighted by Gasteiger charge is -2.39. The van der Waals surface area contributed by atoms with Crippen LogP contribution in [0.3, 0.4) is 0 Å². The minimum atomic E-state index is -0.578. The summed E-state index contributed by atoms with van der Waals surface area (Å²) in [6.45, 7) is 0.759. The zero-order valence-electron chi connectivity index (χ0n) is 18.9. The van der Waals surface area contributed by atoms with Crippen molar-refractivity contribution in [1.82, 2.24) is 16.0 Å². The zero-order valence-corrected chi connectivity index (χ0v) is 19.6. The van der Waals surface area contributed by atoms with Gasteiger partial charge in [0.15, 0.2) is 6.61 Å². The molecule has 6 nitrogen and oxygen atoms in total. The molecule has 2 amide bonds. The van der Waals surface area contributed by atoms with Gasteiger partial charge < -0.3 is 20.7 Å². The van der Waals surface area contributed by atoms with E-state index < -0.39 is 5.82 Å². The summed E-state index contributed by atoms with van der Waals surface area (Å²) >= 11 is 5.67. The minimum Gasteiger partial charge on any atom is -0.484 e. The van der Waals surface area contributed by atoms with Gasteiger partial charge in [0.25, 0.3) is 5.91 Å². The van der Waals surface area contributed by atoms with E-state index in [4.69, 9.17) is 16.3 Å². The third-order valence-electron chi connectivity index (χ3n) is 7.99. The highest BCUT2D eigenvalue weighted by Gasteiger charge is 2.57. The molecule has 4 aliphatic carbocycles. The lowest BCUT2D eigenvalue weighted by molar-refractivity contribution is -0.126. The van der Waals surface area contributed by atoms with Crippen molar-refractivity contribution in [2.24, 2.45) is 17.8 Å². The van der Waals surface area contributed by atoms with Gasteiger partial charge in [-0.3, -0.25) is 9.59 Å². The Morgan fingerprint density at radius 3 is 2.58 bits per heavy atom. The molecule has 6 rings (SSSR count). The van der Waals surface area contributed by atoms with Crippen LogP contribution in [0.4, 0.5) is 4.39 Å². The van der Waals surface area contributed by atoms with Gasteiger partial charge in [0, 0.05) is 17.6 Å². The van der Waals surface area contributed by atoms with E-state index in [1.165, 1.54) is 43.9 Å². The van der Waals surface area contributed by atoms with Gasteiger partial charge in [0.2, 0.25) is 5.91 Å². The predicted molar refractivity (Wildman–Crippen MR) is 124 cm³/mol. The molecule has 3 N–H and O–H groups in total. The van der Waals surface area contributed by atoms with E-state index in [0.29, 0.717) is 11.8 Å². The Morgan fingerprint density at radius 1 is 1.12 bits per heavy atom. The first-order valence-corrected chi connectivity index (χ1v) is 12.7. The molecule has 8 heteroatoms. The third kappa shape index (κ3) is 5.46. The Hall–Kier alpha value is -1.86. The van der Waals surface area contributed by atoms with Gasteiger partial charge in [0.1, 0.15) is 11.6 Å². The summed E-state index contributed by atoms with van der Waals surface area (Å²) in [5.41, 5.74) is -0.262. The summed E-state index contributed by atoms with van der Waals surface area (Å²) in [4.78, 5) is 25.2. The van der Waals surface area contributed by atoms with Gasteiger partial charge in [-0.15, -0.1) is 0 Å². The quantitative estimate of drug-likeness (QED) is 0.508. The van der Waals surface area contributed by atoms with Crippen LogP contribution < -0.4 is 20.7 Å².